The van der Waals surface area contributed by atoms with E-state index in [0.29, 0.717) is 53.6 Å². The van der Waals surface area contributed by atoms with Crippen molar-refractivity contribution in [1.29, 1.82) is 10.5 Å². The summed E-state index contributed by atoms with van der Waals surface area (Å²) in [5, 5.41) is 37.4. The predicted octanol–water partition coefficient (Wildman–Crippen LogP) is 5.19. The maximum atomic E-state index is 10.7. The molecule has 2 N–H and O–H groups in total. The summed E-state index contributed by atoms with van der Waals surface area (Å²) in [6.45, 7) is 0.472. The van der Waals surface area contributed by atoms with E-state index in [1.54, 1.807) is 36.4 Å². The molecule has 2 aromatic carbocycles. The van der Waals surface area contributed by atoms with Gasteiger partial charge in [-0.15, -0.1) is 0 Å². The molecule has 0 unspecified atom stereocenters. The van der Waals surface area contributed by atoms with Crippen molar-refractivity contribution in [1.82, 2.24) is 0 Å². The quantitative estimate of drug-likeness (QED) is 0.228. The third-order valence-electron chi connectivity index (χ3n) is 5.31. The first kappa shape index (κ1) is 26.9. The van der Waals surface area contributed by atoms with Crippen LogP contribution in [0.2, 0.25) is 0 Å². The van der Waals surface area contributed by atoms with Gasteiger partial charge in [0.1, 0.15) is 46.5 Å². The van der Waals surface area contributed by atoms with Crippen LogP contribution in [0.1, 0.15) is 36.8 Å². The van der Waals surface area contributed by atoms with Gasteiger partial charge in [-0.2, -0.15) is 10.5 Å². The van der Waals surface area contributed by atoms with Gasteiger partial charge in [0.25, 0.3) is 0 Å². The number of aliphatic carboxylic acids is 1. The molecular weight excluding hydrogens is 476 g/mol. The minimum absolute atomic E-state index is 0.0111. The lowest BCUT2D eigenvalue weighted by molar-refractivity contribution is -0.137. The van der Waals surface area contributed by atoms with Crippen molar-refractivity contribution in [2.24, 2.45) is 0 Å². The standard InChI is InChI=1S/C28H26N2O7/c1-34-18-36-22-9-6-19(27(15-22)35-12-4-2-3-5-28(32)33)7-10-23-14-24(20(16-29)17-30)25-13-21(31)8-11-26(25)37-23/h6-11,13-15,31H,2-5,12,18H2,1H3,(H,32,33)/b10-7+. The van der Waals surface area contributed by atoms with Crippen molar-refractivity contribution < 1.29 is 34.0 Å². The van der Waals surface area contributed by atoms with E-state index >= 15 is 0 Å². The summed E-state index contributed by atoms with van der Waals surface area (Å²) in [7, 11) is 1.52. The van der Waals surface area contributed by atoms with Crippen LogP contribution in [0.3, 0.4) is 0 Å². The number of allylic oxidation sites excluding steroid dienone is 4. The van der Waals surface area contributed by atoms with Gasteiger partial charge in [-0.1, -0.05) is 0 Å². The Kier molecular flexibility index (Phi) is 9.72. The molecule has 2 aromatic rings. The second-order valence-electron chi connectivity index (χ2n) is 7.98. The van der Waals surface area contributed by atoms with E-state index in [1.807, 2.05) is 18.2 Å². The zero-order valence-corrected chi connectivity index (χ0v) is 20.3. The first-order valence-corrected chi connectivity index (χ1v) is 11.5. The fourth-order valence-corrected chi connectivity index (χ4v) is 3.53. The molecule has 1 aliphatic heterocycles. The van der Waals surface area contributed by atoms with Crippen molar-refractivity contribution >= 4 is 17.6 Å². The average molecular weight is 503 g/mol. The number of benzene rings is 2. The number of hydrogen-bond donors (Lipinski definition) is 2. The largest absolute Gasteiger partial charge is 0.508 e. The number of hydrogen-bond acceptors (Lipinski definition) is 8. The Morgan fingerprint density at radius 1 is 1.05 bits per heavy atom. The van der Waals surface area contributed by atoms with Crippen LogP contribution in [0.5, 0.6) is 23.0 Å². The number of aromatic hydroxyl groups is 1. The van der Waals surface area contributed by atoms with Gasteiger partial charge in [-0.25, -0.2) is 0 Å². The molecule has 37 heavy (non-hydrogen) atoms. The van der Waals surface area contributed by atoms with Gasteiger partial charge in [0, 0.05) is 36.3 Å². The van der Waals surface area contributed by atoms with Gasteiger partial charge in [0.05, 0.1) is 6.61 Å². The Hall–Kier alpha value is -4.73. The summed E-state index contributed by atoms with van der Waals surface area (Å²) in [5.74, 6) is 1.07. The molecule has 1 aliphatic rings. The molecular formula is C28H26N2O7. The number of ether oxygens (including phenoxy) is 4. The maximum absolute atomic E-state index is 10.7. The number of carbonyl (C=O) groups is 1. The fourth-order valence-electron chi connectivity index (χ4n) is 3.53. The van der Waals surface area contributed by atoms with Gasteiger partial charge < -0.3 is 29.2 Å². The molecule has 0 saturated heterocycles. The molecule has 3 rings (SSSR count). The number of phenolic OH excluding ortho intramolecular Hbond substituents is 1. The Morgan fingerprint density at radius 2 is 1.86 bits per heavy atom. The molecule has 0 aromatic heterocycles. The molecule has 190 valence electrons. The van der Waals surface area contributed by atoms with Crippen molar-refractivity contribution in [2.75, 3.05) is 20.5 Å². The molecule has 1 heterocycles. The summed E-state index contributed by atoms with van der Waals surface area (Å²) >= 11 is 0. The van der Waals surface area contributed by atoms with Crippen LogP contribution in [0, 0.1) is 22.7 Å². The number of phenols is 1. The zero-order chi connectivity index (χ0) is 26.6. The number of unbranched alkanes of at least 4 members (excludes halogenated alkanes) is 2. The van der Waals surface area contributed by atoms with E-state index < -0.39 is 5.97 Å². The first-order chi connectivity index (χ1) is 17.9. The molecule has 9 nitrogen and oxygen atoms in total. The molecule has 0 spiro atoms. The third kappa shape index (κ3) is 7.63. The van der Waals surface area contributed by atoms with Crippen LogP contribution in [-0.4, -0.2) is 36.7 Å². The Morgan fingerprint density at radius 3 is 2.59 bits per heavy atom. The van der Waals surface area contributed by atoms with E-state index in [0.717, 1.165) is 12.0 Å². The Balaban J connectivity index is 1.84. The van der Waals surface area contributed by atoms with E-state index in [2.05, 4.69) is 0 Å². The van der Waals surface area contributed by atoms with Gasteiger partial charge in [0.15, 0.2) is 6.79 Å². The summed E-state index contributed by atoms with van der Waals surface area (Å²) in [6, 6.07) is 13.6. The average Bonchev–Trinajstić information content (AvgIpc) is 2.89. The van der Waals surface area contributed by atoms with Crippen LogP contribution < -0.4 is 14.2 Å². The van der Waals surface area contributed by atoms with E-state index in [9.17, 15) is 20.4 Å². The van der Waals surface area contributed by atoms with Crippen LogP contribution in [0.25, 0.3) is 11.6 Å². The second-order valence-corrected chi connectivity index (χ2v) is 7.98. The zero-order valence-electron chi connectivity index (χ0n) is 20.3. The highest BCUT2D eigenvalue weighted by atomic mass is 16.7. The minimum atomic E-state index is -0.815. The highest BCUT2D eigenvalue weighted by Crippen LogP contribution is 2.38. The lowest BCUT2D eigenvalue weighted by atomic mass is 9.97. The molecule has 0 saturated carbocycles. The minimum Gasteiger partial charge on any atom is -0.508 e. The topological polar surface area (TPSA) is 142 Å². The monoisotopic (exact) mass is 502 g/mol. The third-order valence-corrected chi connectivity index (χ3v) is 5.31. The molecule has 0 radical (unpaired) electrons. The van der Waals surface area contributed by atoms with Gasteiger partial charge in [-0.3, -0.25) is 4.79 Å². The van der Waals surface area contributed by atoms with Gasteiger partial charge in [-0.05, 0) is 67.8 Å². The number of nitriles is 2. The number of methoxy groups -OCH3 is 1. The van der Waals surface area contributed by atoms with E-state index in [-0.39, 0.29) is 24.5 Å². The molecule has 9 heteroatoms. The van der Waals surface area contributed by atoms with Crippen LogP contribution in [0.4, 0.5) is 0 Å². The molecule has 0 atom stereocenters. The number of nitrogens with zero attached hydrogens (tertiary/aromatic N) is 2. The lowest BCUT2D eigenvalue weighted by Gasteiger charge is -2.19. The Bertz CT molecular complexity index is 1300. The smallest absolute Gasteiger partial charge is 0.303 e. The number of carboxylic acids is 1. The first-order valence-electron chi connectivity index (χ1n) is 11.5. The summed E-state index contributed by atoms with van der Waals surface area (Å²) in [4.78, 5) is 10.7. The van der Waals surface area contributed by atoms with Crippen LogP contribution in [-0.2, 0) is 9.53 Å². The predicted molar refractivity (Wildman–Crippen MR) is 135 cm³/mol. The van der Waals surface area contributed by atoms with Crippen LogP contribution >= 0.6 is 0 Å². The Labute approximate surface area is 214 Å². The van der Waals surface area contributed by atoms with Crippen molar-refractivity contribution in [3.05, 3.63) is 71.0 Å². The highest BCUT2D eigenvalue weighted by Gasteiger charge is 2.20. The van der Waals surface area contributed by atoms with Gasteiger partial charge in [0.2, 0.25) is 0 Å². The second kappa shape index (κ2) is 13.4. The summed E-state index contributed by atoms with van der Waals surface area (Å²) in [6.07, 6.45) is 7.15. The maximum Gasteiger partial charge on any atom is 0.303 e. The van der Waals surface area contributed by atoms with Crippen molar-refractivity contribution in [3.8, 4) is 35.1 Å². The van der Waals surface area contributed by atoms with E-state index in [1.165, 1.54) is 19.2 Å². The normalized spacial score (nSPS) is 12.1. The van der Waals surface area contributed by atoms with Crippen molar-refractivity contribution in [2.45, 2.75) is 25.7 Å². The van der Waals surface area contributed by atoms with Crippen molar-refractivity contribution in [3.63, 3.8) is 0 Å². The van der Waals surface area contributed by atoms with Crippen LogP contribution in [0.15, 0.2) is 59.9 Å². The number of fused-ring (bicyclic) bond motifs is 1. The highest BCUT2D eigenvalue weighted by molar-refractivity contribution is 5.87. The molecule has 0 aliphatic carbocycles. The molecule has 0 bridgehead atoms. The van der Waals surface area contributed by atoms with Gasteiger partial charge >= 0.3 is 5.97 Å². The lowest BCUT2D eigenvalue weighted by Crippen LogP contribution is -2.04. The fraction of sp³-hybridized carbons (Fsp3) is 0.250. The number of carboxylic acid groups (broad SMARTS) is 1. The summed E-state index contributed by atoms with van der Waals surface area (Å²) < 4.78 is 22.4. The SMILES string of the molecule is COCOc1ccc(/C=C/C2=CC(=C(C#N)C#N)c3cc(O)ccc3O2)c(OCCCCCC(=O)O)c1. The van der Waals surface area contributed by atoms with E-state index in [4.69, 9.17) is 24.1 Å². The number of rotatable bonds is 12. The summed E-state index contributed by atoms with van der Waals surface area (Å²) in [5.41, 5.74) is 1.42. The molecule has 0 amide bonds. The molecule has 0 fully saturated rings.